The van der Waals surface area contributed by atoms with Gasteiger partial charge >= 0.3 is 6.18 Å². The van der Waals surface area contributed by atoms with Crippen LogP contribution in [-0.2, 0) is 11.0 Å². The lowest BCUT2D eigenvalue weighted by Gasteiger charge is -2.22. The molecule has 0 radical (unpaired) electrons. The Morgan fingerprint density at radius 2 is 1.71 bits per heavy atom. The fraction of sp³-hybridized carbons (Fsp3) is 0.381. The second kappa shape index (κ2) is 8.31. The minimum atomic E-state index is -4.38. The minimum absolute atomic E-state index is 0.0609. The number of rotatable bonds is 5. The summed E-state index contributed by atoms with van der Waals surface area (Å²) in [6, 6.07) is 10.1. The molecule has 0 aromatic heterocycles. The molecule has 1 saturated carbocycles. The summed E-state index contributed by atoms with van der Waals surface area (Å²) < 4.78 is 51.1. The van der Waals surface area contributed by atoms with Gasteiger partial charge in [-0.2, -0.15) is 13.2 Å². The standard InChI is InChI=1S/C21H21F4NO2/c22-16-10-6-14(7-11-16)19(27)12-20(28)26-18-3-1-2-17(18)13-4-8-15(9-5-13)21(23,24)25/h4-11,17-19,27H,1-3,12H2,(H,26,28)/t17-,18+,19?/m0/s1. The number of alkyl halides is 3. The molecule has 1 aliphatic carbocycles. The largest absolute Gasteiger partial charge is 0.416 e. The quantitative estimate of drug-likeness (QED) is 0.720. The average Bonchev–Trinajstić information content (AvgIpc) is 3.09. The molecule has 1 amide bonds. The molecule has 3 rings (SSSR count). The van der Waals surface area contributed by atoms with Gasteiger partial charge in [-0.15, -0.1) is 0 Å². The number of amides is 1. The molecule has 1 aliphatic rings. The van der Waals surface area contributed by atoms with Gasteiger partial charge in [0.1, 0.15) is 5.82 Å². The van der Waals surface area contributed by atoms with Crippen LogP contribution in [-0.4, -0.2) is 17.1 Å². The third-order valence-corrected chi connectivity index (χ3v) is 5.16. The highest BCUT2D eigenvalue weighted by Crippen LogP contribution is 2.36. The van der Waals surface area contributed by atoms with Crippen molar-refractivity contribution in [2.24, 2.45) is 0 Å². The van der Waals surface area contributed by atoms with Crippen molar-refractivity contribution in [3.05, 3.63) is 71.0 Å². The van der Waals surface area contributed by atoms with Crippen molar-refractivity contribution in [1.82, 2.24) is 5.32 Å². The number of hydrogen-bond acceptors (Lipinski definition) is 2. The Labute approximate surface area is 160 Å². The second-order valence-electron chi connectivity index (χ2n) is 7.10. The summed E-state index contributed by atoms with van der Waals surface area (Å²) in [5.41, 5.74) is 0.509. The van der Waals surface area contributed by atoms with E-state index in [9.17, 15) is 27.5 Å². The zero-order valence-electron chi connectivity index (χ0n) is 15.0. The van der Waals surface area contributed by atoms with Crippen LogP contribution in [0.3, 0.4) is 0 Å². The molecular formula is C21H21F4NO2. The first-order chi connectivity index (χ1) is 13.2. The summed E-state index contributed by atoms with van der Waals surface area (Å²) in [5, 5.41) is 13.0. The van der Waals surface area contributed by atoms with Crippen LogP contribution in [0.1, 0.15) is 54.4 Å². The highest BCUT2D eigenvalue weighted by atomic mass is 19.4. The van der Waals surface area contributed by atoms with E-state index in [1.807, 2.05) is 0 Å². The van der Waals surface area contributed by atoms with Gasteiger partial charge < -0.3 is 10.4 Å². The second-order valence-corrected chi connectivity index (χ2v) is 7.10. The first kappa shape index (κ1) is 20.3. The van der Waals surface area contributed by atoms with Crippen molar-refractivity contribution < 1.29 is 27.5 Å². The van der Waals surface area contributed by atoms with E-state index in [2.05, 4.69) is 5.32 Å². The Balaban J connectivity index is 1.61. The van der Waals surface area contributed by atoms with Gasteiger partial charge in [0.05, 0.1) is 18.1 Å². The van der Waals surface area contributed by atoms with Gasteiger partial charge in [-0.05, 0) is 48.2 Å². The smallest absolute Gasteiger partial charge is 0.388 e. The molecule has 2 aromatic carbocycles. The lowest BCUT2D eigenvalue weighted by Crippen LogP contribution is -2.37. The summed E-state index contributed by atoms with van der Waals surface area (Å²) in [7, 11) is 0. The molecule has 1 unspecified atom stereocenters. The van der Waals surface area contributed by atoms with Gasteiger partial charge in [-0.3, -0.25) is 4.79 Å². The van der Waals surface area contributed by atoms with Crippen LogP contribution in [0.2, 0.25) is 0 Å². The minimum Gasteiger partial charge on any atom is -0.388 e. The van der Waals surface area contributed by atoms with Gasteiger partial charge in [0.2, 0.25) is 5.91 Å². The molecule has 3 nitrogen and oxygen atoms in total. The van der Waals surface area contributed by atoms with Crippen LogP contribution in [0, 0.1) is 5.82 Å². The van der Waals surface area contributed by atoms with Gasteiger partial charge in [-0.1, -0.05) is 30.7 Å². The van der Waals surface area contributed by atoms with Crippen LogP contribution >= 0.6 is 0 Å². The zero-order valence-corrected chi connectivity index (χ0v) is 15.0. The number of carbonyl (C=O) groups is 1. The molecule has 2 aromatic rings. The molecular weight excluding hydrogens is 374 g/mol. The fourth-order valence-electron chi connectivity index (χ4n) is 3.70. The topological polar surface area (TPSA) is 49.3 Å². The SMILES string of the molecule is O=C(CC(O)c1ccc(F)cc1)N[C@@H]1CCC[C@H]1c1ccc(C(F)(F)F)cc1. The summed E-state index contributed by atoms with van der Waals surface area (Å²) in [6.45, 7) is 0. The number of aliphatic hydroxyl groups is 1. The molecule has 1 fully saturated rings. The van der Waals surface area contributed by atoms with E-state index in [1.54, 1.807) is 0 Å². The van der Waals surface area contributed by atoms with Crippen LogP contribution in [0.25, 0.3) is 0 Å². The van der Waals surface area contributed by atoms with Gasteiger partial charge in [-0.25, -0.2) is 4.39 Å². The van der Waals surface area contributed by atoms with Crippen molar-refractivity contribution in [3.8, 4) is 0 Å². The lowest BCUT2D eigenvalue weighted by atomic mass is 9.93. The first-order valence-corrected chi connectivity index (χ1v) is 9.14. The van der Waals surface area contributed by atoms with E-state index >= 15 is 0 Å². The predicted molar refractivity (Wildman–Crippen MR) is 95.9 cm³/mol. The molecule has 3 atom stereocenters. The van der Waals surface area contributed by atoms with E-state index in [-0.39, 0.29) is 24.3 Å². The van der Waals surface area contributed by atoms with Crippen molar-refractivity contribution in [1.29, 1.82) is 0 Å². The molecule has 7 heteroatoms. The van der Waals surface area contributed by atoms with E-state index in [0.29, 0.717) is 5.56 Å². The van der Waals surface area contributed by atoms with Gasteiger partial charge in [0.25, 0.3) is 0 Å². The zero-order chi connectivity index (χ0) is 20.3. The number of carbonyl (C=O) groups excluding carboxylic acids is 1. The molecule has 0 bridgehead atoms. The lowest BCUT2D eigenvalue weighted by molar-refractivity contribution is -0.137. The Hall–Kier alpha value is -2.41. The highest BCUT2D eigenvalue weighted by Gasteiger charge is 2.33. The van der Waals surface area contributed by atoms with Crippen molar-refractivity contribution in [3.63, 3.8) is 0 Å². The van der Waals surface area contributed by atoms with Crippen molar-refractivity contribution in [2.75, 3.05) is 0 Å². The van der Waals surface area contributed by atoms with Crippen LogP contribution in [0.5, 0.6) is 0 Å². The summed E-state index contributed by atoms with van der Waals surface area (Å²) in [4.78, 5) is 12.3. The molecule has 2 N–H and O–H groups in total. The molecule has 0 spiro atoms. The first-order valence-electron chi connectivity index (χ1n) is 9.14. The maximum absolute atomic E-state index is 13.0. The maximum atomic E-state index is 13.0. The summed E-state index contributed by atoms with van der Waals surface area (Å²) in [5.74, 6) is -0.833. The molecule has 0 heterocycles. The molecule has 0 aliphatic heterocycles. The Morgan fingerprint density at radius 3 is 2.32 bits per heavy atom. The number of aliphatic hydroxyl groups excluding tert-OH is 1. The highest BCUT2D eigenvalue weighted by molar-refractivity contribution is 5.77. The van der Waals surface area contributed by atoms with E-state index in [0.717, 1.165) is 37.0 Å². The average molecular weight is 395 g/mol. The number of hydrogen-bond donors (Lipinski definition) is 2. The molecule has 150 valence electrons. The Kier molecular flexibility index (Phi) is 6.03. The summed E-state index contributed by atoms with van der Waals surface area (Å²) >= 11 is 0. The molecule has 0 saturated heterocycles. The third-order valence-electron chi connectivity index (χ3n) is 5.16. The van der Waals surface area contributed by atoms with Crippen molar-refractivity contribution >= 4 is 5.91 Å². The van der Waals surface area contributed by atoms with E-state index < -0.39 is 23.7 Å². The number of benzene rings is 2. The van der Waals surface area contributed by atoms with Crippen LogP contribution in [0.15, 0.2) is 48.5 Å². The van der Waals surface area contributed by atoms with Crippen LogP contribution in [0.4, 0.5) is 17.6 Å². The number of halogens is 4. The Bertz CT molecular complexity index is 803. The van der Waals surface area contributed by atoms with Gasteiger partial charge in [0.15, 0.2) is 0 Å². The maximum Gasteiger partial charge on any atom is 0.416 e. The normalized spacial score (nSPS) is 20.8. The summed E-state index contributed by atoms with van der Waals surface area (Å²) in [6.07, 6.45) is -3.23. The third kappa shape index (κ3) is 4.90. The van der Waals surface area contributed by atoms with Gasteiger partial charge in [0, 0.05) is 12.0 Å². The van der Waals surface area contributed by atoms with E-state index in [1.165, 1.54) is 36.4 Å². The fourth-order valence-corrected chi connectivity index (χ4v) is 3.70. The number of nitrogens with one attached hydrogen (secondary N) is 1. The monoisotopic (exact) mass is 395 g/mol. The van der Waals surface area contributed by atoms with Crippen molar-refractivity contribution in [2.45, 2.75) is 49.9 Å². The Morgan fingerprint density at radius 1 is 1.07 bits per heavy atom. The van der Waals surface area contributed by atoms with E-state index in [4.69, 9.17) is 0 Å². The predicted octanol–water partition coefficient (Wildman–Crippen LogP) is 4.72. The van der Waals surface area contributed by atoms with Crippen LogP contribution < -0.4 is 5.32 Å². The molecule has 28 heavy (non-hydrogen) atoms.